The fourth-order valence-corrected chi connectivity index (χ4v) is 3.44. The van der Waals surface area contributed by atoms with Crippen molar-refractivity contribution in [1.82, 2.24) is 30.3 Å². The van der Waals surface area contributed by atoms with Crippen LogP contribution in [-0.2, 0) is 6.54 Å². The number of nitrogens with zero attached hydrogens (tertiary/aromatic N) is 5. The second-order valence-electron chi connectivity index (χ2n) is 6.10. The highest BCUT2D eigenvalue weighted by Crippen LogP contribution is 2.21. The predicted octanol–water partition coefficient (Wildman–Crippen LogP) is 2.81. The van der Waals surface area contributed by atoms with Crippen LogP contribution in [0, 0.1) is 18.8 Å². The van der Waals surface area contributed by atoms with Crippen molar-refractivity contribution in [2.75, 3.05) is 11.9 Å². The number of rotatable bonds is 4. The van der Waals surface area contributed by atoms with E-state index in [1.807, 2.05) is 43.3 Å². The minimum Gasteiger partial charge on any atom is -0.336 e. The molecule has 9 heteroatoms. The molecule has 0 unspecified atom stereocenters. The Morgan fingerprint density at radius 3 is 2.86 bits per heavy atom. The van der Waals surface area contributed by atoms with E-state index in [1.165, 1.54) is 11.3 Å². The number of hydrogen-bond donors (Lipinski definition) is 2. The van der Waals surface area contributed by atoms with Crippen LogP contribution in [0.2, 0.25) is 0 Å². The Balaban J connectivity index is 1.32. The van der Waals surface area contributed by atoms with Gasteiger partial charge in [-0.1, -0.05) is 34.6 Å². The van der Waals surface area contributed by atoms with E-state index in [0.29, 0.717) is 18.2 Å². The van der Waals surface area contributed by atoms with Gasteiger partial charge in [0.05, 0.1) is 17.8 Å². The molecule has 0 aliphatic carbocycles. The minimum atomic E-state index is -0.322. The molecular formula is C20H17N7OS. The summed E-state index contributed by atoms with van der Waals surface area (Å²) in [4.78, 5) is 21.3. The van der Waals surface area contributed by atoms with Crippen molar-refractivity contribution in [3.63, 3.8) is 0 Å². The number of anilines is 1. The fourth-order valence-electron chi connectivity index (χ4n) is 2.63. The molecule has 2 N–H and O–H groups in total. The molecule has 0 aliphatic rings. The van der Waals surface area contributed by atoms with Crippen LogP contribution in [0.3, 0.4) is 0 Å². The monoisotopic (exact) mass is 403 g/mol. The number of carbonyl (C=O) groups excluding carboxylic acids is 1. The van der Waals surface area contributed by atoms with Gasteiger partial charge in [0.1, 0.15) is 10.4 Å². The highest BCUT2D eigenvalue weighted by Gasteiger charge is 2.09. The van der Waals surface area contributed by atoms with Crippen molar-refractivity contribution >= 4 is 33.5 Å². The van der Waals surface area contributed by atoms with Gasteiger partial charge in [-0.3, -0.25) is 10.3 Å². The van der Waals surface area contributed by atoms with Gasteiger partial charge in [0.15, 0.2) is 5.13 Å². The van der Waals surface area contributed by atoms with Gasteiger partial charge in [-0.05, 0) is 37.1 Å². The molecule has 1 aromatic carbocycles. The van der Waals surface area contributed by atoms with Crippen molar-refractivity contribution < 1.29 is 4.79 Å². The molecule has 0 atom stereocenters. The number of para-hydroxylation sites is 1. The molecule has 29 heavy (non-hydrogen) atoms. The summed E-state index contributed by atoms with van der Waals surface area (Å²) in [6, 6.07) is 11.1. The lowest BCUT2D eigenvalue weighted by atomic mass is 10.2. The maximum absolute atomic E-state index is 12.2. The summed E-state index contributed by atoms with van der Waals surface area (Å²) in [5.41, 5.74) is 3.42. The zero-order chi connectivity index (χ0) is 20.1. The zero-order valence-electron chi connectivity index (χ0n) is 15.6. The van der Waals surface area contributed by atoms with Crippen LogP contribution in [0.1, 0.15) is 16.1 Å². The Labute approximate surface area is 171 Å². The first-order chi connectivity index (χ1) is 14.2. The molecular weight excluding hydrogens is 386 g/mol. The molecule has 144 valence electrons. The first-order valence-electron chi connectivity index (χ1n) is 8.91. The number of benzene rings is 1. The van der Waals surface area contributed by atoms with Crippen molar-refractivity contribution in [3.05, 3.63) is 64.9 Å². The number of thiazole rings is 1. The van der Waals surface area contributed by atoms with E-state index in [-0.39, 0.29) is 6.03 Å². The average Bonchev–Trinajstić information content (AvgIpc) is 3.30. The topological polar surface area (TPSA) is 97.6 Å². The molecule has 0 bridgehead atoms. The number of urea groups is 1. The third-order valence-corrected chi connectivity index (χ3v) is 5.04. The minimum absolute atomic E-state index is 0.322. The quantitative estimate of drug-likeness (QED) is 0.511. The number of fused-ring (bicyclic) bond motifs is 1. The van der Waals surface area contributed by atoms with Gasteiger partial charge < -0.3 is 5.32 Å². The van der Waals surface area contributed by atoms with Gasteiger partial charge >= 0.3 is 6.03 Å². The summed E-state index contributed by atoms with van der Waals surface area (Å²) in [6.07, 6.45) is 3.39. The maximum Gasteiger partial charge on any atom is 0.321 e. The average molecular weight is 403 g/mol. The van der Waals surface area contributed by atoms with E-state index >= 15 is 0 Å². The summed E-state index contributed by atoms with van der Waals surface area (Å²) >= 11 is 1.34. The number of amides is 2. The smallest absolute Gasteiger partial charge is 0.321 e. The van der Waals surface area contributed by atoms with E-state index in [9.17, 15) is 4.79 Å². The van der Waals surface area contributed by atoms with E-state index in [4.69, 9.17) is 0 Å². The Morgan fingerprint density at radius 2 is 2.00 bits per heavy atom. The van der Waals surface area contributed by atoms with E-state index < -0.39 is 0 Å². The lowest BCUT2D eigenvalue weighted by molar-refractivity contribution is 0.251. The molecule has 2 amide bonds. The van der Waals surface area contributed by atoms with Crippen LogP contribution in [-0.4, -0.2) is 37.5 Å². The molecule has 4 aromatic rings. The van der Waals surface area contributed by atoms with Gasteiger partial charge in [0.2, 0.25) is 0 Å². The van der Waals surface area contributed by atoms with Crippen LogP contribution >= 0.6 is 11.3 Å². The Kier molecular flexibility index (Phi) is 5.45. The van der Waals surface area contributed by atoms with E-state index in [2.05, 4.69) is 42.8 Å². The molecule has 3 heterocycles. The SMILES string of the molecule is Cc1nc(NC(=O)NCCn2nnc3ccccc32)sc1C#Cc1ccncc1. The largest absolute Gasteiger partial charge is 0.336 e. The number of carbonyl (C=O) groups is 1. The standard InChI is InChI=1S/C20H17N7OS/c1-14-18(7-6-15-8-10-21-11-9-15)29-20(23-14)24-19(28)22-12-13-27-17-5-3-2-4-16(17)25-26-27/h2-5,8-11H,12-13H2,1H3,(H2,22,23,24,28). The van der Waals surface area contributed by atoms with Crippen molar-refractivity contribution in [3.8, 4) is 11.8 Å². The lowest BCUT2D eigenvalue weighted by Crippen LogP contribution is -2.31. The van der Waals surface area contributed by atoms with Crippen molar-refractivity contribution in [2.45, 2.75) is 13.5 Å². The molecule has 0 saturated carbocycles. The molecule has 0 radical (unpaired) electrons. The zero-order valence-corrected chi connectivity index (χ0v) is 16.4. The molecule has 0 fully saturated rings. The van der Waals surface area contributed by atoms with Gasteiger partial charge in [-0.2, -0.15) is 0 Å². The number of aryl methyl sites for hydroxylation is 1. The third kappa shape index (κ3) is 4.56. The normalized spacial score (nSPS) is 10.4. The summed E-state index contributed by atoms with van der Waals surface area (Å²) in [5.74, 6) is 6.16. The van der Waals surface area contributed by atoms with Crippen LogP contribution in [0.25, 0.3) is 11.0 Å². The van der Waals surface area contributed by atoms with Crippen LogP contribution < -0.4 is 10.6 Å². The summed E-state index contributed by atoms with van der Waals surface area (Å²) in [7, 11) is 0. The summed E-state index contributed by atoms with van der Waals surface area (Å²) in [6.45, 7) is 2.80. The van der Waals surface area contributed by atoms with Gasteiger partial charge in [-0.25, -0.2) is 14.5 Å². The van der Waals surface area contributed by atoms with Crippen LogP contribution in [0.4, 0.5) is 9.93 Å². The summed E-state index contributed by atoms with van der Waals surface area (Å²) in [5, 5.41) is 14.3. The Hall–Kier alpha value is -3.77. The number of aromatic nitrogens is 5. The van der Waals surface area contributed by atoms with E-state index in [0.717, 1.165) is 27.2 Å². The summed E-state index contributed by atoms with van der Waals surface area (Å²) < 4.78 is 1.76. The molecule has 4 rings (SSSR count). The van der Waals surface area contributed by atoms with Crippen LogP contribution in [0.5, 0.6) is 0 Å². The van der Waals surface area contributed by atoms with Gasteiger partial charge in [-0.15, -0.1) is 5.10 Å². The second-order valence-corrected chi connectivity index (χ2v) is 7.10. The highest BCUT2D eigenvalue weighted by molar-refractivity contribution is 7.16. The van der Waals surface area contributed by atoms with Gasteiger partial charge in [0.25, 0.3) is 0 Å². The predicted molar refractivity (Wildman–Crippen MR) is 112 cm³/mol. The molecule has 0 aliphatic heterocycles. The molecule has 0 saturated heterocycles. The van der Waals surface area contributed by atoms with Gasteiger partial charge in [0, 0.05) is 24.5 Å². The molecule has 3 aromatic heterocycles. The number of pyridine rings is 1. The number of hydrogen-bond acceptors (Lipinski definition) is 6. The lowest BCUT2D eigenvalue weighted by Gasteiger charge is -2.05. The number of nitrogens with one attached hydrogen (secondary N) is 2. The molecule has 0 spiro atoms. The Morgan fingerprint density at radius 1 is 1.17 bits per heavy atom. The third-order valence-electron chi connectivity index (χ3n) is 4.05. The Bertz CT molecular complexity index is 1200. The first-order valence-corrected chi connectivity index (χ1v) is 9.73. The highest BCUT2D eigenvalue weighted by atomic mass is 32.1. The van der Waals surface area contributed by atoms with Crippen LogP contribution in [0.15, 0.2) is 48.8 Å². The molecule has 8 nitrogen and oxygen atoms in total. The van der Waals surface area contributed by atoms with Crippen molar-refractivity contribution in [2.24, 2.45) is 0 Å². The fraction of sp³-hybridized carbons (Fsp3) is 0.150. The van der Waals surface area contributed by atoms with E-state index in [1.54, 1.807) is 17.1 Å². The first kappa shape index (κ1) is 18.6. The second kappa shape index (κ2) is 8.50. The maximum atomic E-state index is 12.2. The van der Waals surface area contributed by atoms with Crippen molar-refractivity contribution in [1.29, 1.82) is 0 Å².